The van der Waals surface area contributed by atoms with Crippen molar-refractivity contribution in [3.05, 3.63) is 0 Å². The Kier molecular flexibility index (Phi) is 5.35. The van der Waals surface area contributed by atoms with Gasteiger partial charge in [0.25, 0.3) is 0 Å². The van der Waals surface area contributed by atoms with Gasteiger partial charge in [-0.1, -0.05) is 0 Å². The summed E-state index contributed by atoms with van der Waals surface area (Å²) < 4.78 is 0. The molecule has 5 nitrogen and oxygen atoms in total. The van der Waals surface area contributed by atoms with Crippen LogP contribution in [0.5, 0.6) is 0 Å². The van der Waals surface area contributed by atoms with E-state index in [1.807, 2.05) is 0 Å². The quantitative estimate of drug-likeness (QED) is 0.294. The van der Waals surface area contributed by atoms with Crippen molar-refractivity contribution in [3.8, 4) is 0 Å². The molecule has 3 atom stereocenters. The monoisotopic (exact) mass is 165 g/mol. The zero-order valence-corrected chi connectivity index (χ0v) is 6.44. The highest BCUT2D eigenvalue weighted by Crippen LogP contribution is 2.00. The molecule has 0 bridgehead atoms. The van der Waals surface area contributed by atoms with Crippen molar-refractivity contribution in [2.75, 3.05) is 13.7 Å². The van der Waals surface area contributed by atoms with Crippen molar-refractivity contribution < 1.29 is 20.4 Å². The summed E-state index contributed by atoms with van der Waals surface area (Å²) in [5.41, 5.74) is 0. The van der Waals surface area contributed by atoms with E-state index in [1.54, 1.807) is 0 Å². The van der Waals surface area contributed by atoms with Gasteiger partial charge in [0.05, 0.1) is 12.7 Å². The first-order valence-corrected chi connectivity index (χ1v) is 3.44. The molecule has 0 aliphatic rings. The molecule has 0 amide bonds. The van der Waals surface area contributed by atoms with Crippen molar-refractivity contribution in [2.45, 2.75) is 24.9 Å². The molecule has 0 rings (SSSR count). The Hall–Kier alpha value is -0.200. The predicted molar refractivity (Wildman–Crippen MR) is 38.8 cm³/mol. The van der Waals surface area contributed by atoms with Crippen molar-refractivity contribution in [1.29, 1.82) is 0 Å². The summed E-state index contributed by atoms with van der Waals surface area (Å²) in [5, 5.41) is 37.6. The molecule has 0 saturated heterocycles. The molecule has 5 N–H and O–H groups in total. The lowest BCUT2D eigenvalue weighted by Crippen LogP contribution is -2.36. The summed E-state index contributed by atoms with van der Waals surface area (Å²) >= 11 is 0. The molecule has 0 aromatic heterocycles. The maximum Gasteiger partial charge on any atom is 0.107 e. The lowest BCUT2D eigenvalue weighted by atomic mass is 10.1. The average Bonchev–Trinajstić information content (AvgIpc) is 2.02. The Labute approximate surface area is 65.3 Å². The van der Waals surface area contributed by atoms with Crippen molar-refractivity contribution in [1.82, 2.24) is 5.32 Å². The molecular formula is C6H15NO4. The fraction of sp³-hybridized carbons (Fsp3) is 1.00. The van der Waals surface area contributed by atoms with Crippen LogP contribution in [0.1, 0.15) is 6.42 Å². The van der Waals surface area contributed by atoms with Crippen LogP contribution in [0, 0.1) is 0 Å². The number of aliphatic hydroxyl groups is 4. The normalized spacial score (nSPS) is 19.4. The van der Waals surface area contributed by atoms with E-state index in [4.69, 9.17) is 20.4 Å². The van der Waals surface area contributed by atoms with Gasteiger partial charge in [-0.3, -0.25) is 5.32 Å². The Bertz CT molecular complexity index is 101. The molecule has 0 aliphatic heterocycles. The van der Waals surface area contributed by atoms with Crippen LogP contribution in [0.4, 0.5) is 0 Å². The van der Waals surface area contributed by atoms with Crippen molar-refractivity contribution in [2.24, 2.45) is 0 Å². The first-order chi connectivity index (χ1) is 5.11. The third-order valence-electron chi connectivity index (χ3n) is 1.43. The molecule has 0 heterocycles. The molecule has 0 saturated carbocycles. The Morgan fingerprint density at radius 3 is 2.09 bits per heavy atom. The van der Waals surface area contributed by atoms with E-state index >= 15 is 0 Å². The number of aliphatic hydroxyl groups excluding tert-OH is 4. The van der Waals surface area contributed by atoms with Crippen LogP contribution in [-0.4, -0.2) is 52.5 Å². The zero-order valence-electron chi connectivity index (χ0n) is 6.44. The van der Waals surface area contributed by atoms with Crippen LogP contribution in [0.2, 0.25) is 0 Å². The number of rotatable bonds is 5. The van der Waals surface area contributed by atoms with Crippen molar-refractivity contribution >= 4 is 0 Å². The summed E-state index contributed by atoms with van der Waals surface area (Å²) in [4.78, 5) is 0. The highest BCUT2D eigenvalue weighted by Gasteiger charge is 2.17. The first-order valence-electron chi connectivity index (χ1n) is 3.44. The lowest BCUT2D eigenvalue weighted by Gasteiger charge is -2.18. The molecule has 0 radical (unpaired) electrons. The fourth-order valence-electron chi connectivity index (χ4n) is 0.625. The molecule has 11 heavy (non-hydrogen) atoms. The predicted octanol–water partition coefficient (Wildman–Crippen LogP) is -2.37. The first kappa shape index (κ1) is 10.8. The number of nitrogens with one attached hydrogen (secondary N) is 1. The Balaban J connectivity index is 3.58. The van der Waals surface area contributed by atoms with E-state index in [0.29, 0.717) is 0 Å². The summed E-state index contributed by atoms with van der Waals surface area (Å²) in [6.07, 6.45) is -3.13. The zero-order chi connectivity index (χ0) is 8.85. The van der Waals surface area contributed by atoms with Crippen LogP contribution in [0.15, 0.2) is 0 Å². The molecule has 0 fully saturated rings. The lowest BCUT2D eigenvalue weighted by molar-refractivity contribution is -0.0399. The fourth-order valence-corrected chi connectivity index (χ4v) is 0.625. The molecule has 1 unspecified atom stereocenters. The SMILES string of the molecule is CNC(O)C[C@H](O)[C@H](O)CO. The highest BCUT2D eigenvalue weighted by atomic mass is 16.4. The molecule has 0 aromatic carbocycles. The minimum absolute atomic E-state index is 0.00176. The van der Waals surface area contributed by atoms with Gasteiger partial charge in [-0.05, 0) is 7.05 Å². The minimum atomic E-state index is -1.18. The van der Waals surface area contributed by atoms with Crippen LogP contribution in [0.25, 0.3) is 0 Å². The molecular weight excluding hydrogens is 150 g/mol. The van der Waals surface area contributed by atoms with Gasteiger partial charge in [-0.15, -0.1) is 0 Å². The third-order valence-corrected chi connectivity index (χ3v) is 1.43. The van der Waals surface area contributed by atoms with Crippen molar-refractivity contribution in [3.63, 3.8) is 0 Å². The average molecular weight is 165 g/mol. The smallest absolute Gasteiger partial charge is 0.107 e. The molecule has 0 spiro atoms. The van der Waals surface area contributed by atoms with E-state index in [-0.39, 0.29) is 6.42 Å². The molecule has 0 aromatic rings. The van der Waals surface area contributed by atoms with Gasteiger partial charge in [0.15, 0.2) is 0 Å². The molecule has 0 aliphatic carbocycles. The van der Waals surface area contributed by atoms with Crippen LogP contribution >= 0.6 is 0 Å². The third kappa shape index (κ3) is 4.28. The summed E-state index contributed by atoms with van der Waals surface area (Å²) in [6.45, 7) is -0.502. The van der Waals surface area contributed by atoms with E-state index in [2.05, 4.69) is 5.32 Å². The second-order valence-electron chi connectivity index (χ2n) is 2.36. The Morgan fingerprint density at radius 1 is 1.18 bits per heavy atom. The summed E-state index contributed by atoms with van der Waals surface area (Å²) in [6, 6.07) is 0. The molecule has 68 valence electrons. The van der Waals surface area contributed by atoms with Gasteiger partial charge >= 0.3 is 0 Å². The van der Waals surface area contributed by atoms with Gasteiger partial charge in [0.1, 0.15) is 12.3 Å². The largest absolute Gasteiger partial charge is 0.394 e. The van der Waals surface area contributed by atoms with E-state index in [0.717, 1.165) is 0 Å². The van der Waals surface area contributed by atoms with Crippen LogP contribution in [0.3, 0.4) is 0 Å². The van der Waals surface area contributed by atoms with Gasteiger partial charge in [0.2, 0.25) is 0 Å². The second-order valence-corrected chi connectivity index (χ2v) is 2.36. The highest BCUT2D eigenvalue weighted by molar-refractivity contribution is 4.68. The van der Waals surface area contributed by atoms with Gasteiger partial charge in [0, 0.05) is 6.42 Å². The minimum Gasteiger partial charge on any atom is -0.394 e. The summed E-state index contributed by atoms with van der Waals surface area (Å²) in [5.74, 6) is 0. The summed E-state index contributed by atoms with van der Waals surface area (Å²) in [7, 11) is 1.53. The Morgan fingerprint density at radius 2 is 1.73 bits per heavy atom. The standard InChI is InChI=1S/C6H15NO4/c1-7-6(11)2-4(9)5(10)3-8/h4-11H,2-3H2,1H3/t4-,5+,6?/m0/s1. The maximum absolute atomic E-state index is 9.01. The van der Waals surface area contributed by atoms with E-state index < -0.39 is 25.0 Å². The van der Waals surface area contributed by atoms with Gasteiger partial charge in [-0.25, -0.2) is 0 Å². The van der Waals surface area contributed by atoms with Gasteiger partial charge in [-0.2, -0.15) is 0 Å². The van der Waals surface area contributed by atoms with E-state index in [1.165, 1.54) is 7.05 Å². The van der Waals surface area contributed by atoms with Gasteiger partial charge < -0.3 is 20.4 Å². The topological polar surface area (TPSA) is 93.0 Å². The number of hydrogen-bond acceptors (Lipinski definition) is 5. The van der Waals surface area contributed by atoms with Crippen LogP contribution < -0.4 is 5.32 Å². The maximum atomic E-state index is 9.01. The number of hydrogen-bond donors (Lipinski definition) is 5. The van der Waals surface area contributed by atoms with E-state index in [9.17, 15) is 0 Å². The second kappa shape index (κ2) is 5.45. The van der Waals surface area contributed by atoms with Crippen LogP contribution in [-0.2, 0) is 0 Å². The molecule has 5 heteroatoms.